The molecule has 6 heteroatoms. The van der Waals surface area contributed by atoms with Gasteiger partial charge >= 0.3 is 7.12 Å². The van der Waals surface area contributed by atoms with Crippen LogP contribution >= 0.6 is 0 Å². The molecule has 0 saturated carbocycles. The van der Waals surface area contributed by atoms with E-state index in [1.165, 1.54) is 0 Å². The highest BCUT2D eigenvalue weighted by Gasteiger charge is 2.27. The lowest BCUT2D eigenvalue weighted by Crippen LogP contribution is -2.27. The molecule has 0 unspecified atom stereocenters. The van der Waals surface area contributed by atoms with Crippen molar-refractivity contribution in [3.8, 4) is 11.6 Å². The Hall–Kier alpha value is -2.88. The zero-order valence-corrected chi connectivity index (χ0v) is 12.1. The van der Waals surface area contributed by atoms with Crippen molar-refractivity contribution in [2.24, 2.45) is 0 Å². The molecule has 23 heavy (non-hydrogen) atoms. The first-order valence-corrected chi connectivity index (χ1v) is 7.11. The lowest BCUT2D eigenvalue weighted by molar-refractivity contribution is 0.275. The highest BCUT2D eigenvalue weighted by Crippen LogP contribution is 2.26. The molecule has 0 saturated heterocycles. The van der Waals surface area contributed by atoms with Gasteiger partial charge < -0.3 is 14.4 Å². The number of fused-ring (bicyclic) bond motifs is 2. The van der Waals surface area contributed by atoms with Crippen molar-refractivity contribution in [1.82, 2.24) is 4.98 Å². The van der Waals surface area contributed by atoms with Gasteiger partial charge in [0.25, 0.3) is 0 Å². The second-order valence-corrected chi connectivity index (χ2v) is 5.26. The largest absolute Gasteiger partial charge is 0.491 e. The van der Waals surface area contributed by atoms with Crippen molar-refractivity contribution < 1.29 is 14.4 Å². The third kappa shape index (κ3) is 2.53. The van der Waals surface area contributed by atoms with Gasteiger partial charge in [0.1, 0.15) is 5.75 Å². The Labute approximate surface area is 133 Å². The minimum atomic E-state index is -0.852. The molecule has 1 N–H and O–H groups in total. The quantitative estimate of drug-likeness (QED) is 0.584. The Morgan fingerprint density at radius 3 is 2.96 bits per heavy atom. The number of aromatic nitrogens is 1. The van der Waals surface area contributed by atoms with Crippen LogP contribution in [0.2, 0.25) is 0 Å². The van der Waals surface area contributed by atoms with Crippen LogP contribution in [0.5, 0.6) is 11.6 Å². The van der Waals surface area contributed by atoms with E-state index in [2.05, 4.69) is 9.83 Å². The summed E-state index contributed by atoms with van der Waals surface area (Å²) in [6.07, 6.45) is 0. The summed E-state index contributed by atoms with van der Waals surface area (Å²) in [4.78, 5) is 7.86. The van der Waals surface area contributed by atoms with Gasteiger partial charge in [-0.15, -0.1) is 0 Å². The molecule has 0 radical (unpaired) electrons. The van der Waals surface area contributed by atoms with Gasteiger partial charge in [-0.3, -0.25) is 0 Å². The Kier molecular flexibility index (Phi) is 3.23. The summed E-state index contributed by atoms with van der Waals surface area (Å²) in [5, 5.41) is 10.5. The highest BCUT2D eigenvalue weighted by atomic mass is 16.5. The van der Waals surface area contributed by atoms with Crippen LogP contribution in [0.1, 0.15) is 5.56 Å². The molecule has 0 aliphatic carbocycles. The lowest BCUT2D eigenvalue weighted by atomic mass is 9.80. The minimum Gasteiger partial charge on any atom is -0.439 e. The number of hydrogen-bond donors (Lipinski definition) is 1. The van der Waals surface area contributed by atoms with E-state index in [0.29, 0.717) is 23.9 Å². The zero-order valence-electron chi connectivity index (χ0n) is 12.1. The Morgan fingerprint density at radius 2 is 2.09 bits per heavy atom. The van der Waals surface area contributed by atoms with Gasteiger partial charge in [-0.1, -0.05) is 12.1 Å². The van der Waals surface area contributed by atoms with Gasteiger partial charge in [0, 0.05) is 6.07 Å². The molecule has 0 atom stereocenters. The molecule has 1 aliphatic heterocycles. The maximum absolute atomic E-state index is 9.63. The number of benzene rings is 2. The van der Waals surface area contributed by atoms with Crippen molar-refractivity contribution in [1.29, 1.82) is 0 Å². The summed E-state index contributed by atoms with van der Waals surface area (Å²) in [6.45, 7) is 7.41. The minimum absolute atomic E-state index is 0.373. The molecule has 0 spiro atoms. The number of nitrogens with zero attached hydrogens (tertiary/aromatic N) is 2. The van der Waals surface area contributed by atoms with Crippen molar-refractivity contribution in [2.45, 2.75) is 6.61 Å². The molecule has 4 rings (SSSR count). The smallest absolute Gasteiger partial charge is 0.439 e. The number of hydrogen-bond acceptors (Lipinski definition) is 4. The van der Waals surface area contributed by atoms with E-state index in [9.17, 15) is 5.02 Å². The third-order valence-electron chi connectivity index (χ3n) is 3.78. The summed E-state index contributed by atoms with van der Waals surface area (Å²) < 4.78 is 11.0. The standard InChI is InChI=1S/C17H11BN2O3/c1-19-13-3-6-16-11(8-13)2-7-17(20-16)23-14-4-5-15-12(9-14)10-22-18(15)21/h2-9,21H,10H2. The van der Waals surface area contributed by atoms with Gasteiger partial charge in [0.15, 0.2) is 5.69 Å². The zero-order chi connectivity index (χ0) is 15.8. The van der Waals surface area contributed by atoms with E-state index in [0.717, 1.165) is 21.9 Å². The van der Waals surface area contributed by atoms with Gasteiger partial charge in [0.2, 0.25) is 5.88 Å². The van der Waals surface area contributed by atoms with Crippen LogP contribution in [0.4, 0.5) is 5.69 Å². The number of ether oxygens (including phenoxy) is 1. The first-order valence-electron chi connectivity index (χ1n) is 7.11. The number of pyridine rings is 1. The van der Waals surface area contributed by atoms with Crippen molar-refractivity contribution in [2.75, 3.05) is 0 Å². The third-order valence-corrected chi connectivity index (χ3v) is 3.78. The molecule has 3 aromatic rings. The fourth-order valence-electron chi connectivity index (χ4n) is 2.61. The van der Waals surface area contributed by atoms with Gasteiger partial charge in [-0.25, -0.2) is 9.83 Å². The molecule has 1 aliphatic rings. The molecule has 2 aromatic carbocycles. The summed E-state index contributed by atoms with van der Waals surface area (Å²) in [5.41, 5.74) is 3.05. The molecule has 2 heterocycles. The molecular weight excluding hydrogens is 291 g/mol. The summed E-state index contributed by atoms with van der Waals surface area (Å²) in [6, 6.07) is 14.4. The number of rotatable bonds is 2. The van der Waals surface area contributed by atoms with Crippen LogP contribution in [0.3, 0.4) is 0 Å². The van der Waals surface area contributed by atoms with Crippen LogP contribution in [0.25, 0.3) is 15.7 Å². The fourth-order valence-corrected chi connectivity index (χ4v) is 2.61. The Balaban J connectivity index is 1.64. The van der Waals surface area contributed by atoms with Gasteiger partial charge in [0.05, 0.1) is 18.7 Å². The summed E-state index contributed by atoms with van der Waals surface area (Å²) >= 11 is 0. The Morgan fingerprint density at radius 1 is 1.17 bits per heavy atom. The van der Waals surface area contributed by atoms with Crippen LogP contribution < -0.4 is 10.2 Å². The van der Waals surface area contributed by atoms with Crippen molar-refractivity contribution >= 4 is 29.2 Å². The van der Waals surface area contributed by atoms with E-state index in [1.807, 2.05) is 18.2 Å². The summed E-state index contributed by atoms with van der Waals surface area (Å²) in [5.74, 6) is 1.12. The van der Waals surface area contributed by atoms with Crippen LogP contribution in [-0.4, -0.2) is 17.1 Å². The van der Waals surface area contributed by atoms with E-state index < -0.39 is 7.12 Å². The first kappa shape index (κ1) is 13.8. The topological polar surface area (TPSA) is 55.9 Å². The van der Waals surface area contributed by atoms with Crippen molar-refractivity contribution in [3.05, 3.63) is 65.5 Å². The average Bonchev–Trinajstić information content (AvgIpc) is 2.95. The Bertz CT molecular complexity index is 952. The molecule has 110 valence electrons. The van der Waals surface area contributed by atoms with Gasteiger partial charge in [-0.2, -0.15) is 0 Å². The monoisotopic (exact) mass is 302 g/mol. The second kappa shape index (κ2) is 5.40. The normalized spacial score (nSPS) is 13.0. The van der Waals surface area contributed by atoms with E-state index in [1.54, 1.807) is 30.3 Å². The van der Waals surface area contributed by atoms with Crippen molar-refractivity contribution in [3.63, 3.8) is 0 Å². The maximum Gasteiger partial charge on any atom is 0.491 e. The van der Waals surface area contributed by atoms with Gasteiger partial charge in [-0.05, 0) is 46.7 Å². The average molecular weight is 302 g/mol. The first-order chi connectivity index (χ1) is 11.2. The molecule has 0 amide bonds. The maximum atomic E-state index is 9.63. The molecule has 0 bridgehead atoms. The van der Waals surface area contributed by atoms with E-state index >= 15 is 0 Å². The van der Waals surface area contributed by atoms with E-state index in [4.69, 9.17) is 16.0 Å². The summed E-state index contributed by atoms with van der Waals surface area (Å²) in [7, 11) is -0.852. The predicted molar refractivity (Wildman–Crippen MR) is 86.9 cm³/mol. The molecule has 0 fully saturated rings. The molecule has 5 nitrogen and oxygen atoms in total. The fraction of sp³-hybridized carbons (Fsp3) is 0.0588. The molecule has 1 aromatic heterocycles. The predicted octanol–water partition coefficient (Wildman–Crippen LogP) is 2.80. The second-order valence-electron chi connectivity index (χ2n) is 5.26. The van der Waals surface area contributed by atoms with Crippen LogP contribution in [0.15, 0.2) is 48.5 Å². The van der Waals surface area contributed by atoms with Crippen LogP contribution in [0, 0.1) is 6.57 Å². The SMILES string of the molecule is [C-]#[N+]c1ccc2nc(Oc3ccc4c(c3)COB4O)ccc2c1. The highest BCUT2D eigenvalue weighted by molar-refractivity contribution is 6.61. The lowest BCUT2D eigenvalue weighted by Gasteiger charge is -2.07. The molecular formula is C17H11BN2O3. The van der Waals surface area contributed by atoms with E-state index in [-0.39, 0.29) is 0 Å². The van der Waals surface area contributed by atoms with Crippen LogP contribution in [-0.2, 0) is 11.3 Å².